The lowest BCUT2D eigenvalue weighted by Gasteiger charge is -2.30. The summed E-state index contributed by atoms with van der Waals surface area (Å²) in [5.41, 5.74) is 2.56. The van der Waals surface area contributed by atoms with Crippen molar-refractivity contribution >= 4 is 17.7 Å². The fraction of sp³-hybridized carbons (Fsp3) is 0.261. The number of carbonyl (C=O) groups excluding carboxylic acids is 2. The second-order valence-electron chi connectivity index (χ2n) is 7.29. The number of hydrogen-bond donors (Lipinski definition) is 1. The maximum absolute atomic E-state index is 12.4. The monoisotopic (exact) mass is 404 g/mol. The Hall–Kier alpha value is -3.61. The molecule has 7 nitrogen and oxygen atoms in total. The number of piperidine rings is 1. The highest BCUT2D eigenvalue weighted by molar-refractivity contribution is 5.89. The van der Waals surface area contributed by atoms with Crippen molar-refractivity contribution in [2.24, 2.45) is 5.92 Å². The number of ether oxygens (including phenoxy) is 1. The van der Waals surface area contributed by atoms with Crippen molar-refractivity contribution < 1.29 is 14.3 Å². The zero-order valence-corrected chi connectivity index (χ0v) is 16.6. The fourth-order valence-electron chi connectivity index (χ4n) is 3.47. The van der Waals surface area contributed by atoms with Gasteiger partial charge in [0.25, 0.3) is 0 Å². The summed E-state index contributed by atoms with van der Waals surface area (Å²) in [5.74, 6) is -0.402. The number of nitrogens with zero attached hydrogens (tertiary/aromatic N) is 3. The molecule has 0 saturated carbocycles. The van der Waals surface area contributed by atoms with Crippen LogP contribution in [0.2, 0.25) is 0 Å². The molecule has 154 valence electrons. The molecule has 1 saturated heterocycles. The third-order valence-electron chi connectivity index (χ3n) is 5.18. The van der Waals surface area contributed by atoms with Crippen LogP contribution in [0, 0.1) is 5.92 Å². The molecule has 0 aliphatic carbocycles. The average Bonchev–Trinajstić information content (AvgIpc) is 3.28. The van der Waals surface area contributed by atoms with Crippen molar-refractivity contribution in [1.29, 1.82) is 0 Å². The Bertz CT molecular complexity index is 980. The maximum atomic E-state index is 12.4. The Morgan fingerprint density at radius 2 is 1.67 bits per heavy atom. The normalized spacial score (nSPS) is 14.3. The zero-order valence-electron chi connectivity index (χ0n) is 16.6. The van der Waals surface area contributed by atoms with Crippen LogP contribution in [0.25, 0.3) is 5.69 Å². The van der Waals surface area contributed by atoms with Crippen molar-refractivity contribution in [1.82, 2.24) is 14.7 Å². The molecule has 7 heteroatoms. The van der Waals surface area contributed by atoms with Crippen LogP contribution < -0.4 is 5.32 Å². The molecule has 2 amide bonds. The summed E-state index contributed by atoms with van der Waals surface area (Å²) in [6, 6.07) is 19.0. The van der Waals surface area contributed by atoms with Gasteiger partial charge in [0.2, 0.25) is 0 Å². The number of para-hydroxylation sites is 2. The minimum Gasteiger partial charge on any atom is -0.460 e. The van der Waals surface area contributed by atoms with E-state index in [4.69, 9.17) is 4.74 Å². The van der Waals surface area contributed by atoms with Gasteiger partial charge in [-0.25, -0.2) is 9.48 Å². The van der Waals surface area contributed by atoms with Gasteiger partial charge in [-0.05, 0) is 37.1 Å². The van der Waals surface area contributed by atoms with Crippen LogP contribution in [0.5, 0.6) is 0 Å². The molecular weight excluding hydrogens is 380 g/mol. The van der Waals surface area contributed by atoms with Crippen LogP contribution in [0.4, 0.5) is 10.5 Å². The number of rotatable bonds is 5. The standard InChI is InChI=1S/C23H24N4O3/c28-22(30-17-18-15-24-27(16-18)21-9-5-2-6-10-21)19-11-13-26(14-12-19)23(29)25-20-7-3-1-4-8-20/h1-10,15-16,19H,11-14,17H2,(H,25,29). The number of amides is 2. The summed E-state index contributed by atoms with van der Waals surface area (Å²) in [5, 5.41) is 7.19. The van der Waals surface area contributed by atoms with E-state index < -0.39 is 0 Å². The highest BCUT2D eigenvalue weighted by Gasteiger charge is 2.28. The van der Waals surface area contributed by atoms with Crippen molar-refractivity contribution in [3.63, 3.8) is 0 Å². The molecule has 30 heavy (non-hydrogen) atoms. The zero-order chi connectivity index (χ0) is 20.8. The highest BCUT2D eigenvalue weighted by Crippen LogP contribution is 2.20. The lowest BCUT2D eigenvalue weighted by atomic mass is 9.97. The van der Waals surface area contributed by atoms with Gasteiger partial charge < -0.3 is 15.0 Å². The largest absolute Gasteiger partial charge is 0.460 e. The maximum Gasteiger partial charge on any atom is 0.321 e. The first-order valence-corrected chi connectivity index (χ1v) is 10.1. The molecule has 1 aromatic heterocycles. The Morgan fingerprint density at radius 3 is 2.37 bits per heavy atom. The minimum absolute atomic E-state index is 0.138. The van der Waals surface area contributed by atoms with Gasteiger partial charge in [-0.1, -0.05) is 36.4 Å². The molecule has 0 bridgehead atoms. The molecule has 0 atom stereocenters. The number of benzene rings is 2. The second kappa shape index (κ2) is 9.26. The lowest BCUT2D eigenvalue weighted by molar-refractivity contribution is -0.151. The predicted molar refractivity (Wildman–Crippen MR) is 113 cm³/mol. The SMILES string of the molecule is O=C(OCc1cnn(-c2ccccc2)c1)C1CCN(C(=O)Nc2ccccc2)CC1. The summed E-state index contributed by atoms with van der Waals surface area (Å²) in [6.07, 6.45) is 4.77. The van der Waals surface area contributed by atoms with E-state index in [-0.39, 0.29) is 24.5 Å². The number of likely N-dealkylation sites (tertiary alicyclic amines) is 1. The Balaban J connectivity index is 1.23. The average molecular weight is 404 g/mol. The molecule has 1 aliphatic heterocycles. The van der Waals surface area contributed by atoms with Crippen LogP contribution in [0.1, 0.15) is 18.4 Å². The van der Waals surface area contributed by atoms with Gasteiger partial charge in [-0.2, -0.15) is 5.10 Å². The van der Waals surface area contributed by atoms with E-state index in [1.54, 1.807) is 15.8 Å². The number of nitrogens with one attached hydrogen (secondary N) is 1. The third kappa shape index (κ3) is 4.86. The number of esters is 1. The molecule has 1 fully saturated rings. The van der Waals surface area contributed by atoms with Crippen molar-refractivity contribution in [3.05, 3.63) is 78.6 Å². The fourth-order valence-corrected chi connectivity index (χ4v) is 3.47. The number of urea groups is 1. The molecular formula is C23H24N4O3. The molecule has 0 spiro atoms. The topological polar surface area (TPSA) is 76.5 Å². The van der Waals surface area contributed by atoms with Gasteiger partial charge in [0.05, 0.1) is 17.8 Å². The van der Waals surface area contributed by atoms with Crippen LogP contribution in [-0.4, -0.2) is 39.8 Å². The van der Waals surface area contributed by atoms with Gasteiger partial charge in [-0.3, -0.25) is 4.79 Å². The number of carbonyl (C=O) groups is 2. The molecule has 2 heterocycles. The van der Waals surface area contributed by atoms with Crippen molar-refractivity contribution in [2.45, 2.75) is 19.4 Å². The molecule has 0 radical (unpaired) electrons. The smallest absolute Gasteiger partial charge is 0.321 e. The molecule has 3 aromatic rings. The van der Waals surface area contributed by atoms with Crippen LogP contribution in [-0.2, 0) is 16.1 Å². The minimum atomic E-state index is -0.217. The van der Waals surface area contributed by atoms with Crippen LogP contribution in [0.15, 0.2) is 73.1 Å². The van der Waals surface area contributed by atoms with E-state index in [0.29, 0.717) is 25.9 Å². The van der Waals surface area contributed by atoms with E-state index in [2.05, 4.69) is 10.4 Å². The first-order valence-electron chi connectivity index (χ1n) is 10.1. The summed E-state index contributed by atoms with van der Waals surface area (Å²) >= 11 is 0. The number of aromatic nitrogens is 2. The van der Waals surface area contributed by atoms with E-state index in [1.807, 2.05) is 66.9 Å². The van der Waals surface area contributed by atoms with Crippen LogP contribution in [0.3, 0.4) is 0 Å². The van der Waals surface area contributed by atoms with E-state index >= 15 is 0 Å². The lowest BCUT2D eigenvalue weighted by Crippen LogP contribution is -2.42. The highest BCUT2D eigenvalue weighted by atomic mass is 16.5. The molecule has 1 aliphatic rings. The van der Waals surface area contributed by atoms with Gasteiger partial charge in [0, 0.05) is 30.5 Å². The molecule has 2 aromatic carbocycles. The van der Waals surface area contributed by atoms with Crippen molar-refractivity contribution in [3.8, 4) is 5.69 Å². The first kappa shape index (κ1) is 19.7. The summed E-state index contributed by atoms with van der Waals surface area (Å²) in [6.45, 7) is 1.26. The first-order chi connectivity index (χ1) is 14.7. The van der Waals surface area contributed by atoms with Gasteiger partial charge in [0.15, 0.2) is 0 Å². The molecule has 1 N–H and O–H groups in total. The molecule has 0 unspecified atom stereocenters. The van der Waals surface area contributed by atoms with Crippen LogP contribution >= 0.6 is 0 Å². The van der Waals surface area contributed by atoms with E-state index in [9.17, 15) is 9.59 Å². The molecule has 4 rings (SSSR count). The van der Waals surface area contributed by atoms with Gasteiger partial charge in [0.1, 0.15) is 6.61 Å². The van der Waals surface area contributed by atoms with Gasteiger partial charge >= 0.3 is 12.0 Å². The third-order valence-corrected chi connectivity index (χ3v) is 5.18. The Labute approximate surface area is 175 Å². The Kier molecular flexibility index (Phi) is 6.08. The number of hydrogen-bond acceptors (Lipinski definition) is 4. The summed E-state index contributed by atoms with van der Waals surface area (Å²) in [4.78, 5) is 26.5. The second-order valence-corrected chi connectivity index (χ2v) is 7.29. The summed E-state index contributed by atoms with van der Waals surface area (Å²) in [7, 11) is 0. The predicted octanol–water partition coefficient (Wildman–Crippen LogP) is 3.86. The quantitative estimate of drug-likeness (QED) is 0.655. The summed E-state index contributed by atoms with van der Waals surface area (Å²) < 4.78 is 7.25. The Morgan fingerprint density at radius 1 is 1.00 bits per heavy atom. The van der Waals surface area contributed by atoms with Crippen molar-refractivity contribution in [2.75, 3.05) is 18.4 Å². The number of anilines is 1. The van der Waals surface area contributed by atoms with Gasteiger partial charge in [-0.15, -0.1) is 0 Å². The van der Waals surface area contributed by atoms with E-state index in [1.165, 1.54) is 0 Å². The van der Waals surface area contributed by atoms with E-state index in [0.717, 1.165) is 16.9 Å².